The van der Waals surface area contributed by atoms with Crippen molar-refractivity contribution in [2.24, 2.45) is 28.8 Å². The van der Waals surface area contributed by atoms with Crippen LogP contribution in [-0.4, -0.2) is 29.6 Å². The van der Waals surface area contributed by atoms with Gasteiger partial charge in [-0.1, -0.05) is 12.2 Å². The molecule has 1 aromatic carbocycles. The van der Waals surface area contributed by atoms with Crippen molar-refractivity contribution in [2.75, 3.05) is 6.61 Å². The highest BCUT2D eigenvalue weighted by Gasteiger charge is 2.59. The number of hydrazone groups is 1. The highest BCUT2D eigenvalue weighted by molar-refractivity contribution is 14.1. The van der Waals surface area contributed by atoms with E-state index in [0.29, 0.717) is 6.61 Å². The number of amides is 2. The molecule has 1 saturated carbocycles. The quantitative estimate of drug-likeness (QED) is 0.316. The second kappa shape index (κ2) is 5.98. The fourth-order valence-electron chi connectivity index (χ4n) is 3.99. The molecule has 2 aliphatic carbocycles. The molecule has 0 radical (unpaired) electrons. The van der Waals surface area contributed by atoms with Crippen LogP contribution in [0.3, 0.4) is 0 Å². The fraction of sp³-hybridized carbons (Fsp3) is 0.389. The van der Waals surface area contributed by atoms with Crippen molar-refractivity contribution < 1.29 is 14.3 Å². The first-order valence-corrected chi connectivity index (χ1v) is 9.20. The Morgan fingerprint density at radius 2 is 1.92 bits per heavy atom. The summed E-state index contributed by atoms with van der Waals surface area (Å²) >= 11 is 2.20. The van der Waals surface area contributed by atoms with Gasteiger partial charge in [-0.15, -0.1) is 0 Å². The molecule has 1 aromatic rings. The van der Waals surface area contributed by atoms with Crippen molar-refractivity contribution in [1.82, 2.24) is 5.01 Å². The van der Waals surface area contributed by atoms with E-state index in [9.17, 15) is 9.59 Å². The van der Waals surface area contributed by atoms with E-state index in [-0.39, 0.29) is 35.5 Å². The zero-order valence-corrected chi connectivity index (χ0v) is 15.3. The highest BCUT2D eigenvalue weighted by Crippen LogP contribution is 2.52. The molecule has 2 amide bonds. The lowest BCUT2D eigenvalue weighted by Gasteiger charge is -2.13. The highest BCUT2D eigenvalue weighted by atomic mass is 127. The van der Waals surface area contributed by atoms with E-state index in [4.69, 9.17) is 4.74 Å². The Labute approximate surface area is 153 Å². The van der Waals surface area contributed by atoms with Crippen molar-refractivity contribution in [3.05, 3.63) is 39.5 Å². The lowest BCUT2D eigenvalue weighted by Crippen LogP contribution is -2.28. The predicted molar refractivity (Wildman–Crippen MR) is 97.5 cm³/mol. The minimum atomic E-state index is -0.204. The number of carbonyl (C=O) groups is 2. The van der Waals surface area contributed by atoms with Crippen LogP contribution in [0.25, 0.3) is 0 Å². The molecule has 0 aromatic heterocycles. The Morgan fingerprint density at radius 3 is 2.50 bits per heavy atom. The minimum Gasteiger partial charge on any atom is -0.493 e. The molecular weight excluding hydrogens is 419 g/mol. The lowest BCUT2D eigenvalue weighted by atomic mass is 9.85. The number of hydrogen-bond acceptors (Lipinski definition) is 4. The van der Waals surface area contributed by atoms with Crippen LogP contribution in [0.4, 0.5) is 0 Å². The smallest absolute Gasteiger partial charge is 0.254 e. The first-order valence-electron chi connectivity index (χ1n) is 8.12. The molecule has 4 rings (SSSR count). The summed E-state index contributed by atoms with van der Waals surface area (Å²) in [5.41, 5.74) is 0.835. The standard InChI is InChI=1S/C18H17IN2O3/c1-2-24-14-6-3-10(7-13(14)19)9-20-21-17(22)15-11-4-5-12(8-11)16(15)18(21)23/h3-7,9,11-12,15-16H,2,8H2,1H3/t11-,12-,15-,16+/m0/s1. The molecule has 0 N–H and O–H groups in total. The molecule has 2 fully saturated rings. The maximum Gasteiger partial charge on any atom is 0.254 e. The number of halogens is 1. The number of benzene rings is 1. The van der Waals surface area contributed by atoms with Gasteiger partial charge in [0.25, 0.3) is 11.8 Å². The van der Waals surface area contributed by atoms with Crippen LogP contribution < -0.4 is 4.74 Å². The molecule has 4 atom stereocenters. The van der Waals surface area contributed by atoms with E-state index in [1.807, 2.05) is 25.1 Å². The summed E-state index contributed by atoms with van der Waals surface area (Å²) in [7, 11) is 0. The number of carbonyl (C=O) groups excluding carboxylic acids is 2. The molecule has 0 spiro atoms. The molecule has 6 heteroatoms. The summed E-state index contributed by atoms with van der Waals surface area (Å²) in [5, 5.41) is 5.26. The van der Waals surface area contributed by atoms with Gasteiger partial charge < -0.3 is 4.74 Å². The SMILES string of the molecule is CCOc1ccc(C=NN2C(=O)[C@@H]3[C@H](C2=O)[C@H]2C=C[C@H]3C2)cc1I. The number of imide groups is 1. The van der Waals surface area contributed by atoms with Gasteiger partial charge in [0.2, 0.25) is 0 Å². The number of allylic oxidation sites excluding steroid dienone is 2. The normalized spacial score (nSPS) is 30.7. The lowest BCUT2D eigenvalue weighted by molar-refractivity contribution is -0.140. The number of hydrogen-bond donors (Lipinski definition) is 0. The van der Waals surface area contributed by atoms with Crippen LogP contribution in [0.5, 0.6) is 5.75 Å². The first kappa shape index (κ1) is 15.8. The van der Waals surface area contributed by atoms with Gasteiger partial charge in [0.1, 0.15) is 5.75 Å². The second-order valence-electron chi connectivity index (χ2n) is 6.36. The van der Waals surface area contributed by atoms with Crippen molar-refractivity contribution >= 4 is 40.6 Å². The van der Waals surface area contributed by atoms with Crippen LogP contribution in [0.1, 0.15) is 18.9 Å². The van der Waals surface area contributed by atoms with E-state index < -0.39 is 0 Å². The third-order valence-electron chi connectivity index (χ3n) is 5.03. The summed E-state index contributed by atoms with van der Waals surface area (Å²) in [5.74, 6) is 0.527. The maximum absolute atomic E-state index is 12.6. The number of ether oxygens (including phenoxy) is 1. The van der Waals surface area contributed by atoms with E-state index in [0.717, 1.165) is 26.3 Å². The molecule has 3 aliphatic rings. The van der Waals surface area contributed by atoms with E-state index in [2.05, 4.69) is 39.8 Å². The molecular formula is C18H17IN2O3. The van der Waals surface area contributed by atoms with Crippen molar-refractivity contribution in [2.45, 2.75) is 13.3 Å². The summed E-state index contributed by atoms with van der Waals surface area (Å²) in [6.45, 7) is 2.55. The predicted octanol–water partition coefficient (Wildman–Crippen LogP) is 2.83. The van der Waals surface area contributed by atoms with Crippen LogP contribution in [-0.2, 0) is 9.59 Å². The monoisotopic (exact) mass is 436 g/mol. The van der Waals surface area contributed by atoms with Gasteiger partial charge in [-0.25, -0.2) is 0 Å². The van der Waals surface area contributed by atoms with Crippen LogP contribution in [0.2, 0.25) is 0 Å². The molecule has 5 nitrogen and oxygen atoms in total. The maximum atomic E-state index is 12.6. The molecule has 24 heavy (non-hydrogen) atoms. The third-order valence-corrected chi connectivity index (χ3v) is 5.87. The summed E-state index contributed by atoms with van der Waals surface area (Å²) in [6, 6.07) is 5.67. The Morgan fingerprint density at radius 1 is 1.25 bits per heavy atom. The molecule has 1 heterocycles. The van der Waals surface area contributed by atoms with Gasteiger partial charge in [-0.2, -0.15) is 10.1 Å². The summed E-state index contributed by atoms with van der Waals surface area (Å²) in [4.78, 5) is 25.1. The molecule has 1 saturated heterocycles. The fourth-order valence-corrected chi connectivity index (χ4v) is 4.69. The number of fused-ring (bicyclic) bond motifs is 5. The van der Waals surface area contributed by atoms with Crippen molar-refractivity contribution in [3.63, 3.8) is 0 Å². The van der Waals surface area contributed by atoms with E-state index >= 15 is 0 Å². The summed E-state index contributed by atoms with van der Waals surface area (Å²) < 4.78 is 6.48. The zero-order chi connectivity index (χ0) is 16.8. The second-order valence-corrected chi connectivity index (χ2v) is 7.52. The van der Waals surface area contributed by atoms with Gasteiger partial charge >= 0.3 is 0 Å². The Balaban J connectivity index is 1.54. The summed E-state index contributed by atoms with van der Waals surface area (Å²) in [6.07, 6.45) is 6.67. The van der Waals surface area contributed by atoms with E-state index in [1.54, 1.807) is 6.21 Å². The Kier molecular flexibility index (Phi) is 3.94. The van der Waals surface area contributed by atoms with Gasteiger partial charge in [-0.05, 0) is 71.5 Å². The topological polar surface area (TPSA) is 59.0 Å². The van der Waals surface area contributed by atoms with Gasteiger partial charge in [0, 0.05) is 0 Å². The van der Waals surface area contributed by atoms with Crippen LogP contribution in [0.15, 0.2) is 35.5 Å². The van der Waals surface area contributed by atoms with E-state index in [1.165, 1.54) is 0 Å². The average Bonchev–Trinajstić information content (AvgIpc) is 3.23. The van der Waals surface area contributed by atoms with Crippen LogP contribution >= 0.6 is 22.6 Å². The van der Waals surface area contributed by atoms with Gasteiger partial charge in [0.05, 0.1) is 28.2 Å². The van der Waals surface area contributed by atoms with Crippen molar-refractivity contribution in [3.8, 4) is 5.75 Å². The largest absolute Gasteiger partial charge is 0.493 e. The third kappa shape index (κ3) is 2.39. The molecule has 2 bridgehead atoms. The minimum absolute atomic E-state index is 0.154. The molecule has 0 unspecified atom stereocenters. The van der Waals surface area contributed by atoms with Crippen LogP contribution in [0, 0.1) is 27.2 Å². The van der Waals surface area contributed by atoms with Gasteiger partial charge in [0.15, 0.2) is 0 Å². The Hall–Kier alpha value is -1.70. The molecule has 124 valence electrons. The first-order chi connectivity index (χ1) is 11.6. The zero-order valence-electron chi connectivity index (χ0n) is 13.2. The average molecular weight is 436 g/mol. The number of rotatable bonds is 4. The number of nitrogens with zero attached hydrogens (tertiary/aromatic N) is 2. The van der Waals surface area contributed by atoms with Crippen molar-refractivity contribution in [1.29, 1.82) is 0 Å². The molecule has 1 aliphatic heterocycles. The van der Waals surface area contributed by atoms with Gasteiger partial charge in [-0.3, -0.25) is 9.59 Å². The Bertz CT molecular complexity index is 744.